The van der Waals surface area contributed by atoms with Crippen molar-refractivity contribution in [1.29, 1.82) is 0 Å². The van der Waals surface area contributed by atoms with Crippen LogP contribution in [0, 0.1) is 0 Å². The summed E-state index contributed by atoms with van der Waals surface area (Å²) in [5.41, 5.74) is 8.19. The monoisotopic (exact) mass is 256 g/mol. The van der Waals surface area contributed by atoms with Crippen LogP contribution in [-0.2, 0) is 6.42 Å². The molecule has 2 N–H and O–H groups in total. The van der Waals surface area contributed by atoms with Gasteiger partial charge < -0.3 is 10.5 Å². The molecule has 3 heteroatoms. The predicted octanol–water partition coefficient (Wildman–Crippen LogP) is 3.85. The van der Waals surface area contributed by atoms with E-state index in [0.29, 0.717) is 5.88 Å². The van der Waals surface area contributed by atoms with Crippen LogP contribution in [0.2, 0.25) is 0 Å². The number of ether oxygens (including phenoxy) is 1. The maximum atomic E-state index is 5.85. The van der Waals surface area contributed by atoms with Crippen LogP contribution >= 0.6 is 0 Å². The third-order valence-corrected chi connectivity index (χ3v) is 2.97. The Morgan fingerprint density at radius 3 is 2.58 bits per heavy atom. The van der Waals surface area contributed by atoms with Gasteiger partial charge in [0.25, 0.3) is 0 Å². The van der Waals surface area contributed by atoms with E-state index >= 15 is 0 Å². The zero-order valence-corrected chi connectivity index (χ0v) is 11.5. The standard InChI is InChI=1S/C16H20N2O/c1-3-4-13-5-7-15(8-6-13)19-16-11-14(12(2)17)9-10-18-16/h5-12H,3-4,17H2,1-2H3/t12-/m0/s1. The summed E-state index contributed by atoms with van der Waals surface area (Å²) in [6.45, 7) is 4.12. The zero-order chi connectivity index (χ0) is 13.7. The second-order valence-corrected chi connectivity index (χ2v) is 4.71. The molecule has 1 aromatic carbocycles. The Morgan fingerprint density at radius 1 is 1.21 bits per heavy atom. The minimum atomic E-state index is -0.0164. The van der Waals surface area contributed by atoms with E-state index in [1.165, 1.54) is 5.56 Å². The van der Waals surface area contributed by atoms with Crippen LogP contribution in [0.1, 0.15) is 37.4 Å². The molecule has 0 amide bonds. The van der Waals surface area contributed by atoms with Gasteiger partial charge in [0.15, 0.2) is 0 Å². The fourth-order valence-electron chi connectivity index (χ4n) is 1.90. The van der Waals surface area contributed by atoms with Crippen molar-refractivity contribution in [3.05, 3.63) is 53.7 Å². The molecular formula is C16H20N2O. The molecule has 0 saturated carbocycles. The lowest BCUT2D eigenvalue weighted by Gasteiger charge is -2.09. The van der Waals surface area contributed by atoms with Gasteiger partial charge in [0, 0.05) is 18.3 Å². The molecule has 0 fully saturated rings. The second kappa shape index (κ2) is 6.34. The first-order chi connectivity index (χ1) is 9.19. The van der Waals surface area contributed by atoms with Crippen LogP contribution in [0.15, 0.2) is 42.6 Å². The van der Waals surface area contributed by atoms with Crippen molar-refractivity contribution in [2.75, 3.05) is 0 Å². The zero-order valence-electron chi connectivity index (χ0n) is 11.5. The number of pyridine rings is 1. The molecule has 2 rings (SSSR count). The molecule has 1 heterocycles. The van der Waals surface area contributed by atoms with Crippen molar-refractivity contribution in [1.82, 2.24) is 4.98 Å². The Hall–Kier alpha value is -1.87. The second-order valence-electron chi connectivity index (χ2n) is 4.71. The highest BCUT2D eigenvalue weighted by molar-refractivity contribution is 5.32. The Kier molecular flexibility index (Phi) is 4.53. The summed E-state index contributed by atoms with van der Waals surface area (Å²) in [5.74, 6) is 1.38. The lowest BCUT2D eigenvalue weighted by Crippen LogP contribution is -2.05. The molecule has 19 heavy (non-hydrogen) atoms. The summed E-state index contributed by atoms with van der Waals surface area (Å²) in [5, 5.41) is 0. The average molecular weight is 256 g/mol. The first-order valence-electron chi connectivity index (χ1n) is 6.67. The first kappa shape index (κ1) is 13.6. The molecule has 1 aromatic heterocycles. The highest BCUT2D eigenvalue weighted by Crippen LogP contribution is 2.22. The fourth-order valence-corrected chi connectivity index (χ4v) is 1.90. The largest absolute Gasteiger partial charge is 0.439 e. The molecular weight excluding hydrogens is 236 g/mol. The lowest BCUT2D eigenvalue weighted by molar-refractivity contribution is 0.461. The Bertz CT molecular complexity index is 521. The number of hydrogen-bond donors (Lipinski definition) is 1. The average Bonchev–Trinajstić information content (AvgIpc) is 2.42. The molecule has 1 atom stereocenters. The number of nitrogens with zero attached hydrogens (tertiary/aromatic N) is 1. The van der Waals surface area contributed by atoms with E-state index in [9.17, 15) is 0 Å². The summed E-state index contributed by atoms with van der Waals surface area (Å²) in [4.78, 5) is 4.20. The van der Waals surface area contributed by atoms with E-state index in [-0.39, 0.29) is 6.04 Å². The van der Waals surface area contributed by atoms with Crippen LogP contribution in [0.4, 0.5) is 0 Å². The van der Waals surface area contributed by atoms with Crippen molar-refractivity contribution in [2.24, 2.45) is 5.73 Å². The highest BCUT2D eigenvalue weighted by atomic mass is 16.5. The summed E-state index contributed by atoms with van der Waals surface area (Å²) >= 11 is 0. The van der Waals surface area contributed by atoms with Crippen molar-refractivity contribution >= 4 is 0 Å². The number of aryl methyl sites for hydroxylation is 1. The van der Waals surface area contributed by atoms with Gasteiger partial charge in [-0.1, -0.05) is 25.5 Å². The van der Waals surface area contributed by atoms with Crippen molar-refractivity contribution in [3.63, 3.8) is 0 Å². The number of aromatic nitrogens is 1. The molecule has 0 spiro atoms. The van der Waals surface area contributed by atoms with E-state index in [1.807, 2.05) is 31.2 Å². The molecule has 0 unspecified atom stereocenters. The summed E-state index contributed by atoms with van der Waals surface area (Å²) in [7, 11) is 0. The van der Waals surface area contributed by atoms with Crippen LogP contribution in [0.5, 0.6) is 11.6 Å². The van der Waals surface area contributed by atoms with Gasteiger partial charge in [0.2, 0.25) is 5.88 Å². The molecule has 0 aliphatic heterocycles. The Labute approximate surface area is 114 Å². The summed E-state index contributed by atoms with van der Waals surface area (Å²) in [6.07, 6.45) is 3.97. The van der Waals surface area contributed by atoms with Gasteiger partial charge in [0.05, 0.1) is 0 Å². The highest BCUT2D eigenvalue weighted by Gasteiger charge is 2.03. The lowest BCUT2D eigenvalue weighted by atomic mass is 10.1. The normalized spacial score (nSPS) is 12.2. The first-order valence-corrected chi connectivity index (χ1v) is 6.67. The molecule has 0 saturated heterocycles. The van der Waals surface area contributed by atoms with Crippen molar-refractivity contribution in [2.45, 2.75) is 32.7 Å². The SMILES string of the molecule is CCCc1ccc(Oc2cc([C@H](C)N)ccn2)cc1. The molecule has 3 nitrogen and oxygen atoms in total. The van der Waals surface area contributed by atoms with Gasteiger partial charge in [-0.25, -0.2) is 4.98 Å². The number of hydrogen-bond acceptors (Lipinski definition) is 3. The van der Waals surface area contributed by atoms with Gasteiger partial charge in [-0.15, -0.1) is 0 Å². The molecule has 100 valence electrons. The molecule has 0 aliphatic carbocycles. The smallest absolute Gasteiger partial charge is 0.219 e. The maximum Gasteiger partial charge on any atom is 0.219 e. The Morgan fingerprint density at radius 2 is 1.95 bits per heavy atom. The van der Waals surface area contributed by atoms with E-state index in [1.54, 1.807) is 6.20 Å². The van der Waals surface area contributed by atoms with Crippen LogP contribution in [-0.4, -0.2) is 4.98 Å². The quantitative estimate of drug-likeness (QED) is 0.884. The van der Waals surface area contributed by atoms with E-state index in [2.05, 4.69) is 24.0 Å². The van der Waals surface area contributed by atoms with E-state index < -0.39 is 0 Å². The van der Waals surface area contributed by atoms with E-state index in [4.69, 9.17) is 10.5 Å². The van der Waals surface area contributed by atoms with Crippen LogP contribution < -0.4 is 10.5 Å². The third kappa shape index (κ3) is 3.80. The Balaban J connectivity index is 2.10. The molecule has 0 bridgehead atoms. The minimum absolute atomic E-state index is 0.0164. The number of nitrogens with two attached hydrogens (primary N) is 1. The third-order valence-electron chi connectivity index (χ3n) is 2.97. The van der Waals surface area contributed by atoms with Gasteiger partial charge in [-0.3, -0.25) is 0 Å². The summed E-state index contributed by atoms with van der Waals surface area (Å²) in [6, 6.07) is 11.9. The maximum absolute atomic E-state index is 5.85. The van der Waals surface area contributed by atoms with Crippen LogP contribution in [0.25, 0.3) is 0 Å². The molecule has 0 radical (unpaired) electrons. The number of benzene rings is 1. The topological polar surface area (TPSA) is 48.1 Å². The molecule has 0 aliphatic rings. The van der Waals surface area contributed by atoms with Crippen molar-refractivity contribution in [3.8, 4) is 11.6 Å². The van der Waals surface area contributed by atoms with Gasteiger partial charge >= 0.3 is 0 Å². The van der Waals surface area contributed by atoms with Gasteiger partial charge in [0.1, 0.15) is 5.75 Å². The molecule has 2 aromatic rings. The number of rotatable bonds is 5. The minimum Gasteiger partial charge on any atom is -0.439 e. The van der Waals surface area contributed by atoms with Crippen molar-refractivity contribution < 1.29 is 4.74 Å². The predicted molar refractivity (Wildman–Crippen MR) is 77.4 cm³/mol. The van der Waals surface area contributed by atoms with E-state index in [0.717, 1.165) is 24.2 Å². The summed E-state index contributed by atoms with van der Waals surface area (Å²) < 4.78 is 5.74. The van der Waals surface area contributed by atoms with Gasteiger partial charge in [-0.05, 0) is 42.7 Å². The fraction of sp³-hybridized carbons (Fsp3) is 0.312. The van der Waals surface area contributed by atoms with Crippen LogP contribution in [0.3, 0.4) is 0 Å². The van der Waals surface area contributed by atoms with Gasteiger partial charge in [-0.2, -0.15) is 0 Å².